The van der Waals surface area contributed by atoms with Crippen LogP contribution < -0.4 is 25.3 Å². The van der Waals surface area contributed by atoms with E-state index in [1.807, 2.05) is 72.8 Å². The SMILES string of the molecule is COCOc1cc(COC2CCCCO2)cc2nc(OC)c(-c3cccc(C(=O)O)c3SCc3ccccc3)nc12.COC[C@H]1CCCCN1Cc1cc2c3nc(c(=O)[nH]c3c1)-c1cccc3c(=O)n(sc13)C[C@@H]1CC[C@H](CO2)O1. The van der Waals surface area contributed by atoms with Crippen LogP contribution in [0.4, 0.5) is 0 Å². The minimum Gasteiger partial charge on any atom is -0.489 e. The number of hydrogen-bond donors (Lipinski definition) is 2. The van der Waals surface area contributed by atoms with Gasteiger partial charge in [-0.3, -0.25) is 18.4 Å². The third kappa shape index (κ3) is 12.3. The van der Waals surface area contributed by atoms with Gasteiger partial charge in [0.15, 0.2) is 18.8 Å². The molecular formula is C60H64N6O12S2. The molecule has 4 atom stereocenters. The lowest BCUT2D eigenvalue weighted by Crippen LogP contribution is -2.41. The minimum absolute atomic E-state index is 0.0147. The van der Waals surface area contributed by atoms with E-state index in [2.05, 4.69) is 16.0 Å². The van der Waals surface area contributed by atoms with Crippen LogP contribution in [0.25, 0.3) is 54.7 Å². The maximum Gasteiger partial charge on any atom is 0.336 e. The van der Waals surface area contributed by atoms with Gasteiger partial charge in [0.05, 0.1) is 65.8 Å². The Balaban J connectivity index is 0.000000169. The normalized spacial score (nSPS) is 19.2. The minimum atomic E-state index is -1.02. The third-order valence-corrected chi connectivity index (χ3v) is 17.2. The van der Waals surface area contributed by atoms with Crippen LogP contribution in [-0.4, -0.2) is 119 Å². The van der Waals surface area contributed by atoms with Crippen LogP contribution in [0.2, 0.25) is 0 Å². The Hall–Kier alpha value is -6.75. The van der Waals surface area contributed by atoms with E-state index in [9.17, 15) is 19.5 Å². The number of fused-ring (bicyclic) bond motifs is 6. The van der Waals surface area contributed by atoms with E-state index in [1.165, 1.54) is 43.2 Å². The Morgan fingerprint density at radius 1 is 0.825 bits per heavy atom. The molecule has 12 rings (SSSR count). The predicted octanol–water partition coefficient (Wildman–Crippen LogP) is 10.2. The molecule has 3 aromatic heterocycles. The summed E-state index contributed by atoms with van der Waals surface area (Å²) >= 11 is 2.81. The second kappa shape index (κ2) is 25.4. The van der Waals surface area contributed by atoms with Crippen LogP contribution >= 0.6 is 23.3 Å². The molecule has 1 unspecified atom stereocenters. The average Bonchev–Trinajstić information content (AvgIpc) is 4.24. The van der Waals surface area contributed by atoms with Gasteiger partial charge in [-0.1, -0.05) is 72.6 Å². The van der Waals surface area contributed by atoms with Crippen molar-refractivity contribution in [1.82, 2.24) is 28.8 Å². The highest BCUT2D eigenvalue weighted by Gasteiger charge is 2.30. The number of benzene rings is 5. The number of carboxylic acid groups (broad SMARTS) is 1. The largest absolute Gasteiger partial charge is 0.489 e. The second-order valence-electron chi connectivity index (χ2n) is 20.4. The number of thioether (sulfide) groups is 1. The van der Waals surface area contributed by atoms with E-state index >= 15 is 0 Å². The monoisotopic (exact) mass is 1120 g/mol. The number of hydrogen-bond acceptors (Lipinski definition) is 17. The number of carboxylic acids is 1. The molecule has 18 nitrogen and oxygen atoms in total. The van der Waals surface area contributed by atoms with Crippen molar-refractivity contribution in [2.45, 2.75) is 106 Å². The van der Waals surface area contributed by atoms with Crippen molar-refractivity contribution in [1.29, 1.82) is 0 Å². The van der Waals surface area contributed by atoms with Gasteiger partial charge in [-0.05, 0) is 105 Å². The molecule has 3 fully saturated rings. The van der Waals surface area contributed by atoms with Gasteiger partial charge in [0.2, 0.25) is 5.88 Å². The molecule has 6 bridgehead atoms. The maximum absolute atomic E-state index is 13.4. The van der Waals surface area contributed by atoms with Crippen LogP contribution in [-0.2, 0) is 49.1 Å². The van der Waals surface area contributed by atoms with Gasteiger partial charge in [0, 0.05) is 55.2 Å². The molecule has 4 aliphatic rings. The molecule has 7 heterocycles. The molecule has 0 radical (unpaired) electrons. The molecule has 418 valence electrons. The Morgan fingerprint density at radius 3 is 2.46 bits per heavy atom. The molecule has 5 aromatic carbocycles. The molecule has 0 amide bonds. The van der Waals surface area contributed by atoms with Gasteiger partial charge in [0.1, 0.15) is 34.8 Å². The molecule has 4 aliphatic heterocycles. The van der Waals surface area contributed by atoms with Crippen LogP contribution in [0.15, 0.2) is 105 Å². The van der Waals surface area contributed by atoms with Crippen molar-refractivity contribution < 1.29 is 47.8 Å². The standard InChI is InChI=1S/C31H32N2O7S.C29H32N4O5S/c1-36-19-40-25-16-21(17-39-26-13-6-7-14-38-26)15-24-28(25)33-27(30(32-24)37-2)22-11-8-12-23(31(34)35)29(22)41-18-20-9-4-3-5-10-20;1-36-15-18-5-2-3-10-32(18)13-17-11-23-26-24(12-17)37-16-20-9-8-19(38-20)14-33-29(35)22-7-4-6-21(27(22)39-33)25(31-26)28(34)30-23/h3-5,8-12,15-16,26H,6-7,13-14,17-19H2,1-2H3,(H,34,35);4,6-7,11-12,18-20H,2-3,5,8-10,13-16H2,1H3,(H,30,34)/t;18-,19+,20-/m.1/s1. The number of piperidine rings is 1. The summed E-state index contributed by atoms with van der Waals surface area (Å²) in [7, 11) is 4.82. The topological polar surface area (TPSA) is 208 Å². The molecule has 80 heavy (non-hydrogen) atoms. The zero-order chi connectivity index (χ0) is 55.1. The second-order valence-corrected chi connectivity index (χ2v) is 22.4. The highest BCUT2D eigenvalue weighted by atomic mass is 32.2. The highest BCUT2D eigenvalue weighted by molar-refractivity contribution is 7.98. The lowest BCUT2D eigenvalue weighted by Gasteiger charge is -2.35. The van der Waals surface area contributed by atoms with E-state index in [0.29, 0.717) is 111 Å². The zero-order valence-corrected chi connectivity index (χ0v) is 46.6. The number of rotatable bonds is 16. The Kier molecular flexibility index (Phi) is 17.5. The Morgan fingerprint density at radius 2 is 1.65 bits per heavy atom. The molecule has 2 N–H and O–H groups in total. The van der Waals surface area contributed by atoms with Crippen molar-refractivity contribution >= 4 is 61.4 Å². The number of nitrogens with zero attached hydrogens (tertiary/aromatic N) is 5. The summed E-state index contributed by atoms with van der Waals surface area (Å²) in [6.45, 7) is 4.38. The van der Waals surface area contributed by atoms with E-state index in [0.717, 1.165) is 73.0 Å². The lowest BCUT2D eigenvalue weighted by molar-refractivity contribution is -0.168. The number of aromatic carboxylic acids is 1. The van der Waals surface area contributed by atoms with Crippen LogP contribution in [0, 0.1) is 0 Å². The number of methoxy groups -OCH3 is 3. The maximum atomic E-state index is 13.4. The van der Waals surface area contributed by atoms with Crippen LogP contribution in [0.5, 0.6) is 17.4 Å². The average molecular weight is 1130 g/mol. The molecular weight excluding hydrogens is 1060 g/mol. The smallest absolute Gasteiger partial charge is 0.336 e. The van der Waals surface area contributed by atoms with Crippen molar-refractivity contribution in [3.05, 3.63) is 134 Å². The fraction of sp³-hybridized carbons (Fsp3) is 0.400. The van der Waals surface area contributed by atoms with Gasteiger partial charge in [-0.2, -0.15) is 0 Å². The Labute approximate surface area is 470 Å². The first-order valence-corrected chi connectivity index (χ1v) is 28.9. The molecule has 0 saturated carbocycles. The van der Waals surface area contributed by atoms with Crippen molar-refractivity contribution in [3.63, 3.8) is 0 Å². The quantitative estimate of drug-likeness (QED) is 0.0681. The number of ether oxygens (including phenoxy) is 8. The van der Waals surface area contributed by atoms with E-state index in [-0.39, 0.29) is 47.9 Å². The molecule has 0 spiro atoms. The summed E-state index contributed by atoms with van der Waals surface area (Å²) in [5.41, 5.74) is 7.10. The summed E-state index contributed by atoms with van der Waals surface area (Å²) in [5.74, 6) is 0.940. The van der Waals surface area contributed by atoms with Crippen LogP contribution in [0.1, 0.15) is 78.4 Å². The summed E-state index contributed by atoms with van der Waals surface area (Å²) in [6.07, 6.45) is 7.87. The number of carbonyl (C=O) groups is 1. The Bertz CT molecular complexity index is 3620. The van der Waals surface area contributed by atoms with Gasteiger partial charge in [0.25, 0.3) is 11.1 Å². The third-order valence-electron chi connectivity index (χ3n) is 14.8. The summed E-state index contributed by atoms with van der Waals surface area (Å²) < 4.78 is 49.2. The zero-order valence-electron chi connectivity index (χ0n) is 45.0. The first-order chi connectivity index (χ1) is 39.1. The van der Waals surface area contributed by atoms with E-state index in [4.69, 9.17) is 52.8 Å². The van der Waals surface area contributed by atoms with Gasteiger partial charge < -0.3 is 48.0 Å². The van der Waals surface area contributed by atoms with Crippen LogP contribution in [0.3, 0.4) is 0 Å². The number of aromatic nitrogens is 5. The van der Waals surface area contributed by atoms with Gasteiger partial charge in [-0.25, -0.2) is 19.7 Å². The predicted molar refractivity (Wildman–Crippen MR) is 306 cm³/mol. The number of nitrogens with one attached hydrogen (secondary N) is 1. The number of likely N-dealkylation sites (tertiary alicyclic amines) is 1. The van der Waals surface area contributed by atoms with Crippen molar-refractivity contribution in [2.75, 3.05) is 54.5 Å². The molecule has 0 aliphatic carbocycles. The fourth-order valence-corrected chi connectivity index (χ4v) is 13.2. The first kappa shape index (κ1) is 55.2. The highest BCUT2D eigenvalue weighted by Crippen LogP contribution is 2.41. The summed E-state index contributed by atoms with van der Waals surface area (Å²) in [5, 5.41) is 10.6. The number of H-pyrrole nitrogens is 1. The van der Waals surface area contributed by atoms with Gasteiger partial charge in [-0.15, -0.1) is 11.8 Å². The molecule has 8 aromatic rings. The van der Waals surface area contributed by atoms with Gasteiger partial charge >= 0.3 is 5.97 Å². The number of aromatic amines is 1. The summed E-state index contributed by atoms with van der Waals surface area (Å²) in [4.78, 5) is 59.6. The van der Waals surface area contributed by atoms with Crippen molar-refractivity contribution in [3.8, 4) is 39.9 Å². The molecule has 3 saturated heterocycles. The molecule has 20 heteroatoms. The van der Waals surface area contributed by atoms with Crippen molar-refractivity contribution in [2.24, 2.45) is 0 Å². The lowest BCUT2D eigenvalue weighted by atomic mass is 10.0. The van der Waals surface area contributed by atoms with E-state index < -0.39 is 5.97 Å². The summed E-state index contributed by atoms with van der Waals surface area (Å²) in [6, 6.07) is 28.7. The first-order valence-electron chi connectivity index (χ1n) is 27.1. The fourth-order valence-electron chi connectivity index (χ4n) is 10.9. The van der Waals surface area contributed by atoms with E-state index in [1.54, 1.807) is 30.3 Å².